The zero-order valence-electron chi connectivity index (χ0n) is 14.1. The molecule has 1 unspecified atom stereocenters. The molecule has 0 bridgehead atoms. The first kappa shape index (κ1) is 22.3. The van der Waals surface area contributed by atoms with Crippen LogP contribution in [0.15, 0.2) is 23.1 Å². The molecule has 10 heteroatoms. The predicted molar refractivity (Wildman–Crippen MR) is 96.3 cm³/mol. The van der Waals surface area contributed by atoms with Gasteiger partial charge in [-0.2, -0.15) is 5.26 Å². The number of aliphatic hydroxyl groups is 1. The van der Waals surface area contributed by atoms with Gasteiger partial charge in [0.15, 0.2) is 0 Å². The van der Waals surface area contributed by atoms with Crippen LogP contribution < -0.4 is 4.72 Å². The summed E-state index contributed by atoms with van der Waals surface area (Å²) in [7, 11) is -3.72. The Labute approximate surface area is 158 Å². The molecule has 1 heterocycles. The summed E-state index contributed by atoms with van der Waals surface area (Å²) < 4.78 is 27.1. The first-order chi connectivity index (χ1) is 12.4. The Kier molecular flexibility index (Phi) is 9.54. The number of piperidine rings is 1. The van der Waals surface area contributed by atoms with Crippen molar-refractivity contribution < 1.29 is 23.4 Å². The van der Waals surface area contributed by atoms with Crippen LogP contribution in [-0.2, 0) is 14.8 Å². The van der Waals surface area contributed by atoms with Gasteiger partial charge in [0.1, 0.15) is 4.90 Å². The number of nitrogens with one attached hydrogen (secondary N) is 1. The normalized spacial score (nSPS) is 17.7. The lowest BCUT2D eigenvalue weighted by Gasteiger charge is -2.34. The third kappa shape index (κ3) is 6.55. The third-order valence-electron chi connectivity index (χ3n) is 4.00. The third-order valence-corrected chi connectivity index (χ3v) is 5.95. The molecule has 2 rings (SSSR count). The topological polar surface area (TPSA) is 131 Å². The predicted octanol–water partition coefficient (Wildman–Crippen LogP) is 1.04. The summed E-state index contributed by atoms with van der Waals surface area (Å²) in [5.74, 6) is 0. The zero-order chi connectivity index (χ0) is 19.6. The number of aliphatic hydroxyl groups excluding tert-OH is 1. The highest BCUT2D eigenvalue weighted by Gasteiger charge is 2.23. The van der Waals surface area contributed by atoms with Crippen LogP contribution in [0.1, 0.15) is 24.8 Å². The molecule has 144 valence electrons. The lowest BCUT2D eigenvalue weighted by Crippen LogP contribution is -2.45. The maximum absolute atomic E-state index is 12.3. The van der Waals surface area contributed by atoms with Gasteiger partial charge in [-0.05, 0) is 37.6 Å². The van der Waals surface area contributed by atoms with E-state index in [0.717, 1.165) is 25.8 Å². The summed E-state index contributed by atoms with van der Waals surface area (Å²) in [6.45, 7) is 1.49. The van der Waals surface area contributed by atoms with Crippen LogP contribution in [0.2, 0.25) is 5.02 Å². The van der Waals surface area contributed by atoms with Crippen molar-refractivity contribution in [2.24, 2.45) is 0 Å². The number of sulfonamides is 1. The fraction of sp³-hybridized carbons (Fsp3) is 0.500. The zero-order valence-corrected chi connectivity index (χ0v) is 15.7. The number of nitrogens with zero attached hydrogens (tertiary/aromatic N) is 2. The molecule has 0 aliphatic carbocycles. The second-order valence-electron chi connectivity index (χ2n) is 5.63. The standard InChI is InChI=1S/C15H20ClN3O3S.CH2O2/c16-14-9-12(10-17)4-5-15(14)23(21,22)18-6-8-19-7-2-1-3-13(19)11-20;2-1-3/h4-5,9,13,18,20H,1-3,6-8,11H2;1H,(H,2,3). The second-order valence-corrected chi connectivity index (χ2v) is 7.77. The molecule has 1 aromatic rings. The van der Waals surface area contributed by atoms with E-state index in [1.54, 1.807) is 0 Å². The molecule has 0 saturated carbocycles. The Balaban J connectivity index is 0.00000105. The minimum atomic E-state index is -3.72. The van der Waals surface area contributed by atoms with Gasteiger partial charge in [-0.3, -0.25) is 9.69 Å². The van der Waals surface area contributed by atoms with E-state index in [-0.39, 0.29) is 35.6 Å². The molecule has 0 radical (unpaired) electrons. The maximum Gasteiger partial charge on any atom is 0.290 e. The lowest BCUT2D eigenvalue weighted by atomic mass is 10.0. The van der Waals surface area contributed by atoms with Gasteiger partial charge >= 0.3 is 0 Å². The Bertz CT molecular complexity index is 736. The van der Waals surface area contributed by atoms with Crippen LogP contribution in [0.25, 0.3) is 0 Å². The summed E-state index contributed by atoms with van der Waals surface area (Å²) in [6.07, 6.45) is 3.09. The van der Waals surface area contributed by atoms with E-state index in [1.165, 1.54) is 18.2 Å². The summed E-state index contributed by atoms with van der Waals surface area (Å²) in [5, 5.41) is 25.1. The SMILES string of the molecule is N#Cc1ccc(S(=O)(=O)NCCN2CCCCC2CO)c(Cl)c1.O=CO. The van der Waals surface area contributed by atoms with Gasteiger partial charge in [0.05, 0.1) is 23.3 Å². The number of rotatable bonds is 6. The maximum atomic E-state index is 12.3. The first-order valence-electron chi connectivity index (χ1n) is 8.01. The first-order valence-corrected chi connectivity index (χ1v) is 9.87. The van der Waals surface area contributed by atoms with E-state index in [4.69, 9.17) is 26.8 Å². The van der Waals surface area contributed by atoms with Gasteiger partial charge < -0.3 is 10.2 Å². The van der Waals surface area contributed by atoms with E-state index < -0.39 is 10.0 Å². The highest BCUT2D eigenvalue weighted by molar-refractivity contribution is 7.89. The van der Waals surface area contributed by atoms with E-state index >= 15 is 0 Å². The van der Waals surface area contributed by atoms with Gasteiger partial charge in [-0.25, -0.2) is 13.1 Å². The van der Waals surface area contributed by atoms with Crippen molar-refractivity contribution in [2.45, 2.75) is 30.2 Å². The highest BCUT2D eigenvalue weighted by Crippen LogP contribution is 2.22. The molecule has 8 nitrogen and oxygen atoms in total. The fourth-order valence-corrected chi connectivity index (χ4v) is 4.31. The van der Waals surface area contributed by atoms with Crippen LogP contribution in [-0.4, -0.2) is 62.3 Å². The molecule has 0 spiro atoms. The molecule has 0 aromatic heterocycles. The Morgan fingerprint density at radius 2 is 2.12 bits per heavy atom. The lowest BCUT2D eigenvalue weighted by molar-refractivity contribution is -0.122. The van der Waals surface area contributed by atoms with Crippen LogP contribution in [0.4, 0.5) is 0 Å². The fourth-order valence-electron chi connectivity index (χ4n) is 2.75. The average Bonchev–Trinajstić information content (AvgIpc) is 2.62. The highest BCUT2D eigenvalue weighted by atomic mass is 35.5. The molecule has 1 aliphatic heterocycles. The largest absolute Gasteiger partial charge is 0.483 e. The molecule has 1 aromatic carbocycles. The van der Waals surface area contributed by atoms with Crippen LogP contribution in [0.5, 0.6) is 0 Å². The second kappa shape index (κ2) is 11.1. The van der Waals surface area contributed by atoms with Crippen molar-refractivity contribution >= 4 is 28.1 Å². The molecular formula is C16H22ClN3O5S. The van der Waals surface area contributed by atoms with Gasteiger partial charge in [0, 0.05) is 19.1 Å². The smallest absolute Gasteiger partial charge is 0.290 e. The Morgan fingerprint density at radius 3 is 2.69 bits per heavy atom. The van der Waals surface area contributed by atoms with Gasteiger partial charge in [-0.15, -0.1) is 0 Å². The van der Waals surface area contributed by atoms with E-state index in [0.29, 0.717) is 12.1 Å². The molecule has 1 fully saturated rings. The Morgan fingerprint density at radius 1 is 1.42 bits per heavy atom. The monoisotopic (exact) mass is 403 g/mol. The van der Waals surface area contributed by atoms with Crippen molar-refractivity contribution in [3.63, 3.8) is 0 Å². The van der Waals surface area contributed by atoms with Crippen molar-refractivity contribution in [1.29, 1.82) is 5.26 Å². The van der Waals surface area contributed by atoms with E-state index in [2.05, 4.69) is 9.62 Å². The van der Waals surface area contributed by atoms with Crippen LogP contribution >= 0.6 is 11.6 Å². The number of carbonyl (C=O) groups is 1. The minimum Gasteiger partial charge on any atom is -0.483 e. The number of carboxylic acid groups (broad SMARTS) is 1. The van der Waals surface area contributed by atoms with E-state index in [1.807, 2.05) is 6.07 Å². The van der Waals surface area contributed by atoms with Crippen molar-refractivity contribution in [3.8, 4) is 6.07 Å². The molecule has 1 atom stereocenters. The quantitative estimate of drug-likeness (QED) is 0.604. The minimum absolute atomic E-state index is 0.0303. The number of halogens is 1. The molecule has 26 heavy (non-hydrogen) atoms. The molecule has 1 aliphatic rings. The molecule has 0 amide bonds. The van der Waals surface area contributed by atoms with Gasteiger partial charge in [0.2, 0.25) is 10.0 Å². The van der Waals surface area contributed by atoms with Crippen molar-refractivity contribution in [1.82, 2.24) is 9.62 Å². The van der Waals surface area contributed by atoms with Crippen LogP contribution in [0, 0.1) is 11.3 Å². The molecule has 1 saturated heterocycles. The number of benzene rings is 1. The number of nitriles is 1. The van der Waals surface area contributed by atoms with Crippen LogP contribution in [0.3, 0.4) is 0 Å². The summed E-state index contributed by atoms with van der Waals surface area (Å²) >= 11 is 5.95. The molecule has 3 N–H and O–H groups in total. The summed E-state index contributed by atoms with van der Waals surface area (Å²) in [5.41, 5.74) is 0.313. The van der Waals surface area contributed by atoms with E-state index in [9.17, 15) is 13.5 Å². The van der Waals surface area contributed by atoms with Gasteiger partial charge in [-0.1, -0.05) is 18.0 Å². The number of likely N-dealkylation sites (tertiary alicyclic amines) is 1. The van der Waals surface area contributed by atoms with Gasteiger partial charge in [0.25, 0.3) is 6.47 Å². The summed E-state index contributed by atoms with van der Waals surface area (Å²) in [4.78, 5) is 10.4. The average molecular weight is 404 g/mol. The Hall–Kier alpha value is -1.70. The summed E-state index contributed by atoms with van der Waals surface area (Å²) in [6, 6.07) is 6.11. The number of hydrogen-bond donors (Lipinski definition) is 3. The molecular weight excluding hydrogens is 382 g/mol. The van der Waals surface area contributed by atoms with Crippen molar-refractivity contribution in [3.05, 3.63) is 28.8 Å². The van der Waals surface area contributed by atoms with Crippen molar-refractivity contribution in [2.75, 3.05) is 26.2 Å². The number of hydrogen-bond acceptors (Lipinski definition) is 6.